The van der Waals surface area contributed by atoms with E-state index < -0.39 is 11.8 Å². The van der Waals surface area contributed by atoms with E-state index in [-0.39, 0.29) is 23.8 Å². The molecule has 0 spiro atoms. The van der Waals surface area contributed by atoms with Crippen LogP contribution in [0.15, 0.2) is 36.8 Å². The molecule has 0 saturated carbocycles. The molecule has 2 aliphatic rings. The Kier molecular flexibility index (Phi) is 6.30. The SMILES string of the molecule is C[C@H]1CC[C@H](c2ccc3sc(C4CCN(C)C(=O)C4)nc3c2)N(C(=O)C(=O)Nc2cncc3cn[nH]c23)C1. The quantitative estimate of drug-likeness (QED) is 0.387. The minimum atomic E-state index is -0.697. The maximum absolute atomic E-state index is 13.5. The van der Waals surface area contributed by atoms with E-state index in [1.54, 1.807) is 33.5 Å². The van der Waals surface area contributed by atoms with Crippen LogP contribution in [0.25, 0.3) is 21.1 Å². The van der Waals surface area contributed by atoms with Gasteiger partial charge in [0.1, 0.15) is 0 Å². The Labute approximate surface area is 223 Å². The average Bonchev–Trinajstić information content (AvgIpc) is 3.57. The molecule has 3 aromatic heterocycles. The minimum Gasteiger partial charge on any atom is -0.346 e. The Hall–Kier alpha value is -3.86. The number of likely N-dealkylation sites (tertiary alicyclic amines) is 2. The van der Waals surface area contributed by atoms with Crippen LogP contribution in [0.1, 0.15) is 55.1 Å². The number of nitrogens with one attached hydrogen (secondary N) is 2. The maximum atomic E-state index is 13.5. The van der Waals surface area contributed by atoms with Gasteiger partial charge in [0.25, 0.3) is 0 Å². The van der Waals surface area contributed by atoms with Crippen molar-refractivity contribution in [2.75, 3.05) is 25.5 Å². The molecule has 0 aliphatic carbocycles. The summed E-state index contributed by atoms with van der Waals surface area (Å²) in [6.45, 7) is 3.35. The van der Waals surface area contributed by atoms with Crippen molar-refractivity contribution in [2.24, 2.45) is 5.92 Å². The highest BCUT2D eigenvalue weighted by Crippen LogP contribution is 2.38. The lowest BCUT2D eigenvalue weighted by molar-refractivity contribution is -0.146. The third-order valence-corrected chi connectivity index (χ3v) is 8.90. The molecule has 11 heteroatoms. The van der Waals surface area contributed by atoms with Crippen LogP contribution < -0.4 is 5.32 Å². The Balaban J connectivity index is 1.24. The number of carbonyl (C=O) groups excluding carboxylic acids is 3. The van der Waals surface area contributed by atoms with Gasteiger partial charge in [-0.05, 0) is 42.9 Å². The molecule has 1 aromatic carbocycles. The van der Waals surface area contributed by atoms with Crippen molar-refractivity contribution in [3.8, 4) is 0 Å². The number of thiazole rings is 1. The number of H-pyrrole nitrogens is 1. The van der Waals surface area contributed by atoms with Gasteiger partial charge in [-0.15, -0.1) is 11.3 Å². The first-order valence-corrected chi connectivity index (χ1v) is 13.7. The van der Waals surface area contributed by atoms with E-state index in [9.17, 15) is 14.4 Å². The summed E-state index contributed by atoms with van der Waals surface area (Å²) in [4.78, 5) is 51.3. The molecule has 1 unspecified atom stereocenters. The number of hydrogen-bond acceptors (Lipinski definition) is 7. The highest BCUT2D eigenvalue weighted by Gasteiger charge is 2.35. The standard InChI is InChI=1S/C27H29N7O3S/c1-15-3-5-21(34(14-15)27(37)25(36)30-20-13-28-11-18-12-29-32-24(18)20)16-4-6-22-19(9-16)31-26(38-22)17-7-8-33(2)23(35)10-17/h4,6,9,11-13,15,17,21H,3,5,7-8,10,14H2,1-2H3,(H,29,32)(H,30,36)/t15-,17?,21+/m0/s1. The number of carbonyl (C=O) groups is 3. The number of piperidine rings is 2. The van der Waals surface area contributed by atoms with Crippen LogP contribution in [0.5, 0.6) is 0 Å². The summed E-state index contributed by atoms with van der Waals surface area (Å²) in [5.41, 5.74) is 2.89. The number of rotatable bonds is 3. The monoisotopic (exact) mass is 531 g/mol. The maximum Gasteiger partial charge on any atom is 0.314 e. The Bertz CT molecular complexity index is 1550. The first-order chi connectivity index (χ1) is 18.4. The molecule has 4 aromatic rings. The molecule has 2 aliphatic heterocycles. The van der Waals surface area contributed by atoms with Crippen molar-refractivity contribution < 1.29 is 14.4 Å². The highest BCUT2D eigenvalue weighted by molar-refractivity contribution is 7.18. The molecule has 6 rings (SSSR count). The lowest BCUT2D eigenvalue weighted by Gasteiger charge is -2.38. The summed E-state index contributed by atoms with van der Waals surface area (Å²) in [5.74, 6) is -0.675. The van der Waals surface area contributed by atoms with E-state index in [4.69, 9.17) is 4.98 Å². The molecule has 3 atom stereocenters. The molecule has 5 heterocycles. The van der Waals surface area contributed by atoms with Gasteiger partial charge in [-0.25, -0.2) is 4.98 Å². The van der Waals surface area contributed by atoms with E-state index in [2.05, 4.69) is 27.4 Å². The van der Waals surface area contributed by atoms with Crippen LogP contribution in [0.2, 0.25) is 0 Å². The number of aromatic nitrogens is 4. The van der Waals surface area contributed by atoms with E-state index >= 15 is 0 Å². The number of hydrogen-bond donors (Lipinski definition) is 2. The zero-order valence-corrected chi connectivity index (χ0v) is 22.1. The highest BCUT2D eigenvalue weighted by atomic mass is 32.1. The second-order valence-electron chi connectivity index (χ2n) is 10.4. The van der Waals surface area contributed by atoms with Crippen molar-refractivity contribution in [1.82, 2.24) is 30.0 Å². The number of aromatic amines is 1. The molecule has 10 nitrogen and oxygen atoms in total. The fourth-order valence-corrected chi connectivity index (χ4v) is 6.57. The first-order valence-electron chi connectivity index (χ1n) is 12.9. The predicted molar refractivity (Wildman–Crippen MR) is 145 cm³/mol. The van der Waals surface area contributed by atoms with Crippen LogP contribution in [-0.4, -0.2) is 67.8 Å². The largest absolute Gasteiger partial charge is 0.346 e. The van der Waals surface area contributed by atoms with Gasteiger partial charge in [0.15, 0.2) is 0 Å². The molecule has 196 valence electrons. The Morgan fingerprint density at radius 3 is 2.87 bits per heavy atom. The topological polar surface area (TPSA) is 124 Å². The molecular weight excluding hydrogens is 502 g/mol. The van der Waals surface area contributed by atoms with Crippen LogP contribution in [0.3, 0.4) is 0 Å². The number of anilines is 1. The second-order valence-corrected chi connectivity index (χ2v) is 11.5. The van der Waals surface area contributed by atoms with Crippen molar-refractivity contribution in [1.29, 1.82) is 0 Å². The average molecular weight is 532 g/mol. The van der Waals surface area contributed by atoms with Gasteiger partial charge in [0, 0.05) is 44.1 Å². The van der Waals surface area contributed by atoms with Gasteiger partial charge in [0.05, 0.1) is 44.9 Å². The van der Waals surface area contributed by atoms with E-state index in [1.165, 1.54) is 6.20 Å². The van der Waals surface area contributed by atoms with Gasteiger partial charge >= 0.3 is 11.8 Å². The van der Waals surface area contributed by atoms with Crippen molar-refractivity contribution >= 4 is 55.9 Å². The summed E-state index contributed by atoms with van der Waals surface area (Å²) in [6, 6.07) is 5.91. The summed E-state index contributed by atoms with van der Waals surface area (Å²) in [7, 11) is 1.84. The fraction of sp³-hybridized carbons (Fsp3) is 0.407. The molecular formula is C27H29N7O3S. The molecule has 0 radical (unpaired) electrons. The normalized spacial score (nSPS) is 22.3. The Morgan fingerprint density at radius 1 is 1.16 bits per heavy atom. The van der Waals surface area contributed by atoms with E-state index in [1.807, 2.05) is 25.2 Å². The third-order valence-electron chi connectivity index (χ3n) is 7.70. The molecule has 3 amide bonds. The molecule has 2 saturated heterocycles. The van der Waals surface area contributed by atoms with Crippen LogP contribution >= 0.6 is 11.3 Å². The zero-order valence-electron chi connectivity index (χ0n) is 21.3. The van der Waals surface area contributed by atoms with Gasteiger partial charge in [0.2, 0.25) is 5.91 Å². The second kappa shape index (κ2) is 9.79. The number of nitrogens with zero attached hydrogens (tertiary/aromatic N) is 5. The zero-order chi connectivity index (χ0) is 26.4. The lowest BCUT2D eigenvalue weighted by Crippen LogP contribution is -2.46. The van der Waals surface area contributed by atoms with Gasteiger partial charge in [-0.1, -0.05) is 13.0 Å². The molecule has 2 N–H and O–H groups in total. The fourth-order valence-electron chi connectivity index (χ4n) is 5.49. The summed E-state index contributed by atoms with van der Waals surface area (Å²) in [6.07, 6.45) is 7.90. The minimum absolute atomic E-state index is 0.144. The van der Waals surface area contributed by atoms with Crippen molar-refractivity contribution in [3.05, 3.63) is 47.4 Å². The number of amides is 3. The molecule has 0 bridgehead atoms. The molecule has 2 fully saturated rings. The van der Waals surface area contributed by atoms with Crippen LogP contribution in [-0.2, 0) is 14.4 Å². The summed E-state index contributed by atoms with van der Waals surface area (Å²) < 4.78 is 1.06. The summed E-state index contributed by atoms with van der Waals surface area (Å²) >= 11 is 1.64. The van der Waals surface area contributed by atoms with E-state index in [0.717, 1.165) is 52.0 Å². The van der Waals surface area contributed by atoms with Crippen LogP contribution in [0.4, 0.5) is 5.69 Å². The first kappa shape index (κ1) is 24.5. The van der Waals surface area contributed by atoms with Crippen molar-refractivity contribution in [3.63, 3.8) is 0 Å². The predicted octanol–water partition coefficient (Wildman–Crippen LogP) is 3.84. The number of pyridine rings is 1. The van der Waals surface area contributed by atoms with Gasteiger partial charge in [-0.2, -0.15) is 5.10 Å². The van der Waals surface area contributed by atoms with Crippen molar-refractivity contribution in [2.45, 2.75) is 44.6 Å². The van der Waals surface area contributed by atoms with E-state index in [0.29, 0.717) is 24.2 Å². The Morgan fingerprint density at radius 2 is 2.03 bits per heavy atom. The van der Waals surface area contributed by atoms with Gasteiger partial charge < -0.3 is 15.1 Å². The smallest absolute Gasteiger partial charge is 0.314 e. The number of fused-ring (bicyclic) bond motifs is 2. The summed E-state index contributed by atoms with van der Waals surface area (Å²) in [5, 5.41) is 11.3. The molecule has 38 heavy (non-hydrogen) atoms. The number of benzene rings is 1. The van der Waals surface area contributed by atoms with Gasteiger partial charge in [-0.3, -0.25) is 24.5 Å². The van der Waals surface area contributed by atoms with Crippen LogP contribution in [0, 0.1) is 5.92 Å². The lowest BCUT2D eigenvalue weighted by atomic mass is 9.89. The third kappa shape index (κ3) is 4.51.